The van der Waals surface area contributed by atoms with Crippen LogP contribution in [0.2, 0.25) is 0 Å². The number of nitrogens with zero attached hydrogens (tertiary/aromatic N) is 1. The molecule has 1 heterocycles. The Labute approximate surface area is 79.3 Å². The largest absolute Gasteiger partial charge is 0.325 e. The fraction of sp³-hybridized carbons (Fsp3) is 0.250. The Morgan fingerprint density at radius 3 is 3.08 bits per heavy atom. The number of halogens is 1. The van der Waals surface area contributed by atoms with E-state index >= 15 is 0 Å². The molecule has 0 aliphatic rings. The number of amides is 1. The van der Waals surface area contributed by atoms with Gasteiger partial charge < -0.3 is 5.32 Å². The van der Waals surface area contributed by atoms with Crippen molar-refractivity contribution in [2.75, 3.05) is 10.6 Å². The molecular weight excluding hydrogens is 220 g/mol. The van der Waals surface area contributed by atoms with E-state index in [0.717, 1.165) is 11.3 Å². The molecule has 0 radical (unpaired) electrons. The second kappa shape index (κ2) is 4.21. The molecule has 12 heavy (non-hydrogen) atoms. The summed E-state index contributed by atoms with van der Waals surface area (Å²) < 4.78 is 0. The van der Waals surface area contributed by atoms with Crippen LogP contribution in [-0.4, -0.2) is 16.2 Å². The molecule has 1 aromatic rings. The first-order valence-corrected chi connectivity index (χ1v) is 4.62. The SMILES string of the molecule is Cc1cnccc1NC(=O)CBr. The molecular formula is C8H9BrN2O. The standard InChI is InChI=1S/C8H9BrN2O/c1-6-5-10-3-2-7(6)11-8(12)4-9/h2-3,5H,4H2,1H3,(H,10,11,12). The summed E-state index contributed by atoms with van der Waals surface area (Å²) in [6, 6.07) is 1.77. The lowest BCUT2D eigenvalue weighted by molar-refractivity contribution is -0.113. The first-order chi connectivity index (χ1) is 5.74. The van der Waals surface area contributed by atoms with E-state index in [0.29, 0.717) is 5.33 Å². The van der Waals surface area contributed by atoms with Gasteiger partial charge in [0.1, 0.15) is 0 Å². The Morgan fingerprint density at radius 1 is 1.75 bits per heavy atom. The molecule has 1 rings (SSSR count). The van der Waals surface area contributed by atoms with E-state index in [4.69, 9.17) is 0 Å². The number of alkyl halides is 1. The highest BCUT2D eigenvalue weighted by atomic mass is 79.9. The van der Waals surface area contributed by atoms with Gasteiger partial charge in [-0.2, -0.15) is 0 Å². The number of anilines is 1. The molecule has 3 nitrogen and oxygen atoms in total. The molecule has 1 N–H and O–H groups in total. The smallest absolute Gasteiger partial charge is 0.235 e. The highest BCUT2D eigenvalue weighted by molar-refractivity contribution is 9.09. The van der Waals surface area contributed by atoms with Crippen LogP contribution in [0.3, 0.4) is 0 Å². The van der Waals surface area contributed by atoms with Crippen molar-refractivity contribution in [2.45, 2.75) is 6.92 Å². The van der Waals surface area contributed by atoms with E-state index in [-0.39, 0.29) is 5.91 Å². The lowest BCUT2D eigenvalue weighted by atomic mass is 10.2. The maximum absolute atomic E-state index is 11.0. The van der Waals surface area contributed by atoms with Crippen molar-refractivity contribution in [3.63, 3.8) is 0 Å². The van der Waals surface area contributed by atoms with Crippen LogP contribution in [0.15, 0.2) is 18.5 Å². The topological polar surface area (TPSA) is 42.0 Å². The van der Waals surface area contributed by atoms with Gasteiger partial charge in [-0.15, -0.1) is 0 Å². The van der Waals surface area contributed by atoms with E-state index in [1.165, 1.54) is 0 Å². The fourth-order valence-corrected chi connectivity index (χ4v) is 0.937. The van der Waals surface area contributed by atoms with Crippen molar-refractivity contribution >= 4 is 27.5 Å². The van der Waals surface area contributed by atoms with Gasteiger partial charge in [0.2, 0.25) is 5.91 Å². The molecule has 0 aliphatic carbocycles. The lowest BCUT2D eigenvalue weighted by Gasteiger charge is -2.04. The molecule has 64 valence electrons. The number of aryl methyl sites for hydroxylation is 1. The number of carbonyl (C=O) groups is 1. The maximum atomic E-state index is 11.0. The second-order valence-corrected chi connectivity index (χ2v) is 2.93. The summed E-state index contributed by atoms with van der Waals surface area (Å²) in [7, 11) is 0. The minimum Gasteiger partial charge on any atom is -0.325 e. The van der Waals surface area contributed by atoms with Gasteiger partial charge in [0, 0.05) is 18.1 Å². The van der Waals surface area contributed by atoms with Gasteiger partial charge in [0.15, 0.2) is 0 Å². The third-order valence-electron chi connectivity index (χ3n) is 1.42. The van der Waals surface area contributed by atoms with Crippen molar-refractivity contribution in [3.8, 4) is 0 Å². The number of hydrogen-bond donors (Lipinski definition) is 1. The molecule has 0 saturated carbocycles. The van der Waals surface area contributed by atoms with Gasteiger partial charge >= 0.3 is 0 Å². The second-order valence-electron chi connectivity index (χ2n) is 2.37. The Bertz CT molecular complexity index is 288. The predicted octanol–water partition coefficient (Wildman–Crippen LogP) is 1.72. The first-order valence-electron chi connectivity index (χ1n) is 3.50. The maximum Gasteiger partial charge on any atom is 0.235 e. The minimum atomic E-state index is -0.0516. The van der Waals surface area contributed by atoms with E-state index in [9.17, 15) is 4.79 Å². The summed E-state index contributed by atoms with van der Waals surface area (Å²) in [5.74, 6) is -0.0516. The van der Waals surface area contributed by atoms with E-state index in [1.54, 1.807) is 18.5 Å². The van der Waals surface area contributed by atoms with Crippen molar-refractivity contribution in [1.82, 2.24) is 4.98 Å². The fourth-order valence-electron chi connectivity index (χ4n) is 0.797. The molecule has 0 spiro atoms. The van der Waals surface area contributed by atoms with Gasteiger partial charge in [0.05, 0.1) is 5.33 Å². The first kappa shape index (κ1) is 9.19. The third kappa shape index (κ3) is 2.30. The van der Waals surface area contributed by atoms with E-state index < -0.39 is 0 Å². The number of nitrogens with one attached hydrogen (secondary N) is 1. The van der Waals surface area contributed by atoms with Crippen LogP contribution in [0.1, 0.15) is 5.56 Å². The molecule has 0 bridgehead atoms. The highest BCUT2D eigenvalue weighted by Crippen LogP contribution is 2.11. The minimum absolute atomic E-state index is 0.0516. The van der Waals surface area contributed by atoms with Crippen molar-refractivity contribution < 1.29 is 4.79 Å². The van der Waals surface area contributed by atoms with Crippen molar-refractivity contribution in [1.29, 1.82) is 0 Å². The van der Waals surface area contributed by atoms with Crippen LogP contribution in [0, 0.1) is 6.92 Å². The van der Waals surface area contributed by atoms with Gasteiger partial charge in [-0.05, 0) is 18.6 Å². The van der Waals surface area contributed by atoms with Crippen LogP contribution < -0.4 is 5.32 Å². The predicted molar refractivity (Wildman–Crippen MR) is 51.4 cm³/mol. The third-order valence-corrected chi connectivity index (χ3v) is 1.93. The van der Waals surface area contributed by atoms with Crippen molar-refractivity contribution in [3.05, 3.63) is 24.0 Å². The van der Waals surface area contributed by atoms with E-state index in [1.807, 2.05) is 6.92 Å². The Balaban J connectivity index is 2.75. The number of pyridine rings is 1. The average molecular weight is 229 g/mol. The van der Waals surface area contributed by atoms with Crippen LogP contribution >= 0.6 is 15.9 Å². The Hall–Kier alpha value is -0.900. The monoisotopic (exact) mass is 228 g/mol. The molecule has 1 aromatic heterocycles. The van der Waals surface area contributed by atoms with E-state index in [2.05, 4.69) is 26.2 Å². The van der Waals surface area contributed by atoms with Crippen LogP contribution in [0.25, 0.3) is 0 Å². The molecule has 0 saturated heterocycles. The molecule has 0 aliphatic heterocycles. The summed E-state index contributed by atoms with van der Waals surface area (Å²) in [5.41, 5.74) is 1.78. The van der Waals surface area contributed by atoms with Crippen LogP contribution in [0.4, 0.5) is 5.69 Å². The summed E-state index contributed by atoms with van der Waals surface area (Å²) >= 11 is 3.07. The number of carbonyl (C=O) groups excluding carboxylic acids is 1. The zero-order valence-corrected chi connectivity index (χ0v) is 8.26. The summed E-state index contributed by atoms with van der Waals surface area (Å²) in [6.45, 7) is 1.90. The zero-order chi connectivity index (χ0) is 8.97. The van der Waals surface area contributed by atoms with Crippen LogP contribution in [-0.2, 0) is 4.79 Å². The molecule has 0 atom stereocenters. The average Bonchev–Trinajstić information content (AvgIpc) is 2.09. The number of rotatable bonds is 2. The molecule has 0 unspecified atom stereocenters. The lowest BCUT2D eigenvalue weighted by Crippen LogP contribution is -2.13. The number of hydrogen-bond acceptors (Lipinski definition) is 2. The molecule has 1 amide bonds. The Kier molecular flexibility index (Phi) is 3.22. The van der Waals surface area contributed by atoms with Gasteiger partial charge in [-0.1, -0.05) is 15.9 Å². The van der Waals surface area contributed by atoms with Gasteiger partial charge in [0.25, 0.3) is 0 Å². The van der Waals surface area contributed by atoms with Gasteiger partial charge in [-0.25, -0.2) is 0 Å². The quantitative estimate of drug-likeness (QED) is 0.784. The summed E-state index contributed by atoms with van der Waals surface area (Å²) in [4.78, 5) is 14.9. The van der Waals surface area contributed by atoms with Gasteiger partial charge in [-0.3, -0.25) is 9.78 Å². The summed E-state index contributed by atoms with van der Waals surface area (Å²) in [5, 5.41) is 3.05. The number of aromatic nitrogens is 1. The zero-order valence-electron chi connectivity index (χ0n) is 6.67. The normalized spacial score (nSPS) is 9.50. The Morgan fingerprint density at radius 2 is 2.50 bits per heavy atom. The highest BCUT2D eigenvalue weighted by Gasteiger charge is 2.01. The van der Waals surface area contributed by atoms with Crippen LogP contribution in [0.5, 0.6) is 0 Å². The molecule has 0 aromatic carbocycles. The van der Waals surface area contributed by atoms with Crippen molar-refractivity contribution in [2.24, 2.45) is 0 Å². The molecule has 4 heteroatoms. The molecule has 0 fully saturated rings. The summed E-state index contributed by atoms with van der Waals surface area (Å²) in [6.07, 6.45) is 3.36.